The first kappa shape index (κ1) is 14.0. The summed E-state index contributed by atoms with van der Waals surface area (Å²) in [6, 6.07) is 1.71. The lowest BCUT2D eigenvalue weighted by Gasteiger charge is -2.17. The zero-order chi connectivity index (χ0) is 10.6. The third-order valence-electron chi connectivity index (χ3n) is 2.00. The second-order valence-corrected chi connectivity index (χ2v) is 3.47. The average Bonchev–Trinajstić information content (AvgIpc) is 2.65. The summed E-state index contributed by atoms with van der Waals surface area (Å²) in [5.41, 5.74) is 1.04. The van der Waals surface area contributed by atoms with Crippen molar-refractivity contribution in [2.24, 2.45) is 0 Å². The van der Waals surface area contributed by atoms with Gasteiger partial charge >= 0.3 is 0 Å². The van der Waals surface area contributed by atoms with Crippen molar-refractivity contribution in [2.75, 3.05) is 14.1 Å². The first-order valence-electron chi connectivity index (χ1n) is 4.57. The Morgan fingerprint density at radius 2 is 2.27 bits per heavy atom. The number of likely N-dealkylation sites (N-methyl/N-ethyl adjacent to an activating group) is 1. The SMILES string of the molecule is C[C@@H](NCc1ccoc1)C(=O)N(C)C.Cl. The Morgan fingerprint density at radius 1 is 1.60 bits per heavy atom. The van der Waals surface area contributed by atoms with Crippen molar-refractivity contribution >= 4 is 18.3 Å². The first-order chi connectivity index (χ1) is 6.61. The summed E-state index contributed by atoms with van der Waals surface area (Å²) >= 11 is 0. The lowest BCUT2D eigenvalue weighted by Crippen LogP contribution is -2.41. The molecule has 1 amide bonds. The van der Waals surface area contributed by atoms with Crippen LogP contribution in [-0.2, 0) is 11.3 Å². The van der Waals surface area contributed by atoms with Gasteiger partial charge in [0.05, 0.1) is 18.6 Å². The third kappa shape index (κ3) is 4.36. The molecular formula is C10H17ClN2O2. The highest BCUT2D eigenvalue weighted by Gasteiger charge is 2.13. The molecule has 0 aliphatic heterocycles. The number of furan rings is 1. The summed E-state index contributed by atoms with van der Waals surface area (Å²) < 4.78 is 4.92. The smallest absolute Gasteiger partial charge is 0.238 e. The Hall–Kier alpha value is -1.00. The number of hydrogen-bond acceptors (Lipinski definition) is 3. The molecule has 1 heterocycles. The minimum atomic E-state index is -0.167. The topological polar surface area (TPSA) is 45.5 Å². The number of nitrogens with one attached hydrogen (secondary N) is 1. The van der Waals surface area contributed by atoms with Crippen LogP contribution >= 0.6 is 12.4 Å². The second kappa shape index (κ2) is 6.48. The Bertz CT molecular complexity index is 286. The van der Waals surface area contributed by atoms with Gasteiger partial charge in [-0.3, -0.25) is 4.79 Å². The predicted molar refractivity (Wildman–Crippen MR) is 61.0 cm³/mol. The molecule has 86 valence electrons. The molecule has 1 aromatic heterocycles. The molecule has 0 spiro atoms. The maximum absolute atomic E-state index is 11.4. The van der Waals surface area contributed by atoms with Crippen LogP contribution in [0.15, 0.2) is 23.0 Å². The summed E-state index contributed by atoms with van der Waals surface area (Å²) in [6.45, 7) is 2.50. The number of halogens is 1. The quantitative estimate of drug-likeness (QED) is 0.851. The fraction of sp³-hybridized carbons (Fsp3) is 0.500. The van der Waals surface area contributed by atoms with E-state index < -0.39 is 0 Å². The molecule has 1 aromatic rings. The summed E-state index contributed by atoms with van der Waals surface area (Å²) in [7, 11) is 3.50. The zero-order valence-corrected chi connectivity index (χ0v) is 10.0. The van der Waals surface area contributed by atoms with E-state index in [-0.39, 0.29) is 24.4 Å². The molecule has 1 atom stereocenters. The number of carbonyl (C=O) groups excluding carboxylic acids is 1. The molecule has 0 aliphatic carbocycles. The molecule has 0 aromatic carbocycles. The normalized spacial score (nSPS) is 11.7. The van der Waals surface area contributed by atoms with Gasteiger partial charge in [0.1, 0.15) is 0 Å². The minimum absolute atomic E-state index is 0. The number of hydrogen-bond donors (Lipinski definition) is 1. The van der Waals surface area contributed by atoms with Gasteiger partial charge in [-0.2, -0.15) is 0 Å². The fourth-order valence-electron chi connectivity index (χ4n) is 1.14. The maximum Gasteiger partial charge on any atom is 0.238 e. The minimum Gasteiger partial charge on any atom is -0.472 e. The molecule has 0 unspecified atom stereocenters. The average molecular weight is 233 g/mol. The monoisotopic (exact) mass is 232 g/mol. The third-order valence-corrected chi connectivity index (χ3v) is 2.00. The molecular weight excluding hydrogens is 216 g/mol. The van der Waals surface area contributed by atoms with Gasteiger partial charge in [-0.05, 0) is 13.0 Å². The van der Waals surface area contributed by atoms with Crippen molar-refractivity contribution in [3.05, 3.63) is 24.2 Å². The van der Waals surface area contributed by atoms with Gasteiger partial charge < -0.3 is 14.6 Å². The van der Waals surface area contributed by atoms with Gasteiger partial charge in [-0.25, -0.2) is 0 Å². The van der Waals surface area contributed by atoms with E-state index in [1.54, 1.807) is 31.5 Å². The Labute approximate surface area is 96.0 Å². The molecule has 4 nitrogen and oxygen atoms in total. The van der Waals surface area contributed by atoms with E-state index >= 15 is 0 Å². The number of rotatable bonds is 4. The molecule has 0 aliphatic rings. The molecule has 1 rings (SSSR count). The summed E-state index contributed by atoms with van der Waals surface area (Å²) in [5, 5.41) is 3.11. The molecule has 5 heteroatoms. The largest absolute Gasteiger partial charge is 0.472 e. The number of nitrogens with zero attached hydrogens (tertiary/aromatic N) is 1. The van der Waals surface area contributed by atoms with Crippen molar-refractivity contribution in [1.82, 2.24) is 10.2 Å². The lowest BCUT2D eigenvalue weighted by atomic mass is 10.2. The summed E-state index contributed by atoms with van der Waals surface area (Å²) in [6.07, 6.45) is 3.29. The van der Waals surface area contributed by atoms with Crippen LogP contribution in [0.4, 0.5) is 0 Å². The van der Waals surface area contributed by atoms with E-state index in [9.17, 15) is 4.79 Å². The number of amides is 1. The standard InChI is InChI=1S/C10H16N2O2.ClH/c1-8(10(13)12(2)3)11-6-9-4-5-14-7-9;/h4-5,7-8,11H,6H2,1-3H3;1H/t8-;/m1./s1. The Balaban J connectivity index is 0.00000196. The van der Waals surface area contributed by atoms with Gasteiger partial charge in [0, 0.05) is 26.2 Å². The van der Waals surface area contributed by atoms with Crippen molar-refractivity contribution in [2.45, 2.75) is 19.5 Å². The van der Waals surface area contributed by atoms with Gasteiger partial charge in [-0.15, -0.1) is 12.4 Å². The summed E-state index contributed by atoms with van der Waals surface area (Å²) in [4.78, 5) is 13.0. The van der Waals surface area contributed by atoms with Crippen molar-refractivity contribution in [3.63, 3.8) is 0 Å². The second-order valence-electron chi connectivity index (χ2n) is 3.47. The zero-order valence-electron chi connectivity index (χ0n) is 9.19. The van der Waals surface area contributed by atoms with Crippen LogP contribution in [-0.4, -0.2) is 30.9 Å². The van der Waals surface area contributed by atoms with E-state index in [0.717, 1.165) is 5.56 Å². The van der Waals surface area contributed by atoms with E-state index in [1.165, 1.54) is 0 Å². The predicted octanol–water partition coefficient (Wildman–Crippen LogP) is 1.27. The lowest BCUT2D eigenvalue weighted by molar-refractivity contribution is -0.130. The van der Waals surface area contributed by atoms with Crippen molar-refractivity contribution in [1.29, 1.82) is 0 Å². The first-order valence-corrected chi connectivity index (χ1v) is 4.57. The van der Waals surface area contributed by atoms with E-state index in [4.69, 9.17) is 4.42 Å². The van der Waals surface area contributed by atoms with E-state index in [2.05, 4.69) is 5.32 Å². The van der Waals surface area contributed by atoms with Gasteiger partial charge in [-0.1, -0.05) is 0 Å². The van der Waals surface area contributed by atoms with Crippen LogP contribution < -0.4 is 5.32 Å². The molecule has 1 N–H and O–H groups in total. The van der Waals surface area contributed by atoms with Crippen molar-refractivity contribution < 1.29 is 9.21 Å². The molecule has 0 saturated carbocycles. The fourth-order valence-corrected chi connectivity index (χ4v) is 1.14. The van der Waals surface area contributed by atoms with Crippen LogP contribution in [0.2, 0.25) is 0 Å². The van der Waals surface area contributed by atoms with E-state index in [0.29, 0.717) is 6.54 Å². The van der Waals surface area contributed by atoms with E-state index in [1.807, 2.05) is 13.0 Å². The van der Waals surface area contributed by atoms with Gasteiger partial charge in [0.25, 0.3) is 0 Å². The highest BCUT2D eigenvalue weighted by molar-refractivity contribution is 5.85. The van der Waals surface area contributed by atoms with Crippen LogP contribution in [0.3, 0.4) is 0 Å². The highest BCUT2D eigenvalue weighted by atomic mass is 35.5. The molecule has 0 saturated heterocycles. The van der Waals surface area contributed by atoms with Crippen LogP contribution in [0.5, 0.6) is 0 Å². The summed E-state index contributed by atoms with van der Waals surface area (Å²) in [5.74, 6) is 0.0773. The van der Waals surface area contributed by atoms with Gasteiger partial charge in [0.2, 0.25) is 5.91 Å². The van der Waals surface area contributed by atoms with Gasteiger partial charge in [0.15, 0.2) is 0 Å². The van der Waals surface area contributed by atoms with Crippen molar-refractivity contribution in [3.8, 4) is 0 Å². The highest BCUT2D eigenvalue weighted by Crippen LogP contribution is 1.99. The van der Waals surface area contributed by atoms with Crippen LogP contribution in [0.25, 0.3) is 0 Å². The molecule has 0 bridgehead atoms. The Kier molecular flexibility index (Phi) is 6.05. The number of carbonyl (C=O) groups is 1. The molecule has 15 heavy (non-hydrogen) atoms. The Morgan fingerprint density at radius 3 is 2.73 bits per heavy atom. The molecule has 0 fully saturated rings. The maximum atomic E-state index is 11.4. The van der Waals surface area contributed by atoms with Crippen LogP contribution in [0.1, 0.15) is 12.5 Å². The molecule has 0 radical (unpaired) electrons. The van der Waals surface area contributed by atoms with Crippen LogP contribution in [0, 0.1) is 0 Å².